The number of nitrogens with zero attached hydrogens (tertiary/aromatic N) is 1. The number of hydrogen-bond acceptors (Lipinski definition) is 4. The summed E-state index contributed by atoms with van der Waals surface area (Å²) in [5.74, 6) is 0.527. The Bertz CT molecular complexity index is 1150. The summed E-state index contributed by atoms with van der Waals surface area (Å²) >= 11 is 8.28. The molecule has 4 nitrogen and oxygen atoms in total. The number of para-hydroxylation sites is 1. The molecule has 1 aliphatic heterocycles. The Balaban J connectivity index is 1.57. The number of carbonyl (C=O) groups is 1. The molecule has 4 rings (SSSR count). The van der Waals surface area contributed by atoms with Crippen LogP contribution in [0.3, 0.4) is 0 Å². The third kappa shape index (κ3) is 5.22. The quantitative estimate of drug-likeness (QED) is 0.365. The molecule has 150 valence electrons. The van der Waals surface area contributed by atoms with Gasteiger partial charge in [0.2, 0.25) is 0 Å². The fourth-order valence-electron chi connectivity index (χ4n) is 2.77. The highest BCUT2D eigenvalue weighted by Crippen LogP contribution is 2.33. The normalized spacial score (nSPS) is 16.1. The second-order valence-electron chi connectivity index (χ2n) is 6.39. The Morgan fingerprint density at radius 3 is 2.57 bits per heavy atom. The second kappa shape index (κ2) is 9.64. The van der Waals surface area contributed by atoms with Gasteiger partial charge in [0, 0.05) is 14.5 Å². The van der Waals surface area contributed by atoms with Crippen molar-refractivity contribution in [1.82, 2.24) is 5.32 Å². The lowest BCUT2D eigenvalue weighted by Gasteiger charge is -2.10. The molecule has 7 heteroatoms. The monoisotopic (exact) mass is 542 g/mol. The van der Waals surface area contributed by atoms with E-state index in [0.29, 0.717) is 22.4 Å². The van der Waals surface area contributed by atoms with E-state index in [1.807, 2.05) is 78.9 Å². The van der Waals surface area contributed by atoms with E-state index in [2.05, 4.69) is 42.2 Å². The fourth-order valence-corrected chi connectivity index (χ4v) is 4.35. The third-order valence-corrected chi connectivity index (χ3v) is 6.29. The Kier molecular flexibility index (Phi) is 6.72. The largest absolute Gasteiger partial charge is 0.488 e. The van der Waals surface area contributed by atoms with Crippen LogP contribution < -0.4 is 10.1 Å². The maximum absolute atomic E-state index is 12.5. The predicted molar refractivity (Wildman–Crippen MR) is 130 cm³/mol. The highest BCUT2D eigenvalue weighted by molar-refractivity contribution is 9.10. The number of aliphatic imine (C=N–C) groups is 1. The predicted octanol–water partition coefficient (Wildman–Crippen LogP) is 6.68. The van der Waals surface area contributed by atoms with Crippen molar-refractivity contribution in [2.24, 2.45) is 4.99 Å². The molecule has 3 aromatic carbocycles. The van der Waals surface area contributed by atoms with E-state index in [1.54, 1.807) is 0 Å². The third-order valence-electron chi connectivity index (χ3n) is 4.22. The average Bonchev–Trinajstić information content (AvgIpc) is 3.09. The van der Waals surface area contributed by atoms with Crippen molar-refractivity contribution in [2.75, 3.05) is 0 Å². The number of hydrogen-bond donors (Lipinski definition) is 1. The van der Waals surface area contributed by atoms with Crippen LogP contribution in [0.1, 0.15) is 11.1 Å². The summed E-state index contributed by atoms with van der Waals surface area (Å²) in [6.45, 7) is 0.451. The number of rotatable bonds is 5. The van der Waals surface area contributed by atoms with Gasteiger partial charge in [-0.15, -0.1) is 0 Å². The van der Waals surface area contributed by atoms with E-state index < -0.39 is 0 Å². The number of benzene rings is 3. The number of halogens is 2. The topological polar surface area (TPSA) is 50.7 Å². The first-order chi connectivity index (χ1) is 14.6. The Labute approximate surface area is 195 Å². The van der Waals surface area contributed by atoms with Crippen LogP contribution in [0.25, 0.3) is 6.08 Å². The molecule has 0 radical (unpaired) electrons. The molecule has 1 N–H and O–H groups in total. The number of amides is 1. The van der Waals surface area contributed by atoms with Gasteiger partial charge in [-0.1, -0.05) is 58.4 Å². The van der Waals surface area contributed by atoms with Crippen LogP contribution in [-0.2, 0) is 11.4 Å². The van der Waals surface area contributed by atoms with Gasteiger partial charge in [-0.25, -0.2) is 4.99 Å². The molecular formula is C23H16Br2N2O2S. The number of nitrogens with one attached hydrogen (secondary N) is 1. The lowest BCUT2D eigenvalue weighted by atomic mass is 10.2. The summed E-state index contributed by atoms with van der Waals surface area (Å²) in [5, 5.41) is 3.37. The molecule has 0 aromatic heterocycles. The molecule has 30 heavy (non-hydrogen) atoms. The number of thioether (sulfide) groups is 1. The zero-order chi connectivity index (χ0) is 20.9. The van der Waals surface area contributed by atoms with Crippen molar-refractivity contribution >= 4 is 66.5 Å². The molecule has 1 fully saturated rings. The zero-order valence-corrected chi connectivity index (χ0v) is 19.6. The Morgan fingerprint density at radius 2 is 1.77 bits per heavy atom. The summed E-state index contributed by atoms with van der Waals surface area (Å²) < 4.78 is 7.80. The van der Waals surface area contributed by atoms with Crippen LogP contribution in [0, 0.1) is 0 Å². The van der Waals surface area contributed by atoms with Gasteiger partial charge in [0.05, 0.1) is 10.6 Å². The van der Waals surface area contributed by atoms with Crippen LogP contribution in [0.4, 0.5) is 5.69 Å². The first-order valence-electron chi connectivity index (χ1n) is 9.09. The van der Waals surface area contributed by atoms with Crippen LogP contribution in [0.5, 0.6) is 5.75 Å². The van der Waals surface area contributed by atoms with Gasteiger partial charge in [0.15, 0.2) is 5.17 Å². The molecular weight excluding hydrogens is 528 g/mol. The van der Waals surface area contributed by atoms with Crippen molar-refractivity contribution in [2.45, 2.75) is 6.61 Å². The molecule has 3 aromatic rings. The molecule has 1 amide bonds. The smallest absolute Gasteiger partial charge is 0.264 e. The van der Waals surface area contributed by atoms with Gasteiger partial charge in [-0.3, -0.25) is 4.79 Å². The lowest BCUT2D eigenvalue weighted by Crippen LogP contribution is -2.19. The summed E-state index contributed by atoms with van der Waals surface area (Å²) in [6.07, 6.45) is 1.83. The van der Waals surface area contributed by atoms with Gasteiger partial charge in [-0.05, 0) is 69.7 Å². The Hall–Kier alpha value is -2.35. The Morgan fingerprint density at radius 1 is 1.00 bits per heavy atom. The summed E-state index contributed by atoms with van der Waals surface area (Å²) in [4.78, 5) is 17.6. The van der Waals surface area contributed by atoms with E-state index >= 15 is 0 Å². The zero-order valence-electron chi connectivity index (χ0n) is 15.6. The van der Waals surface area contributed by atoms with Gasteiger partial charge in [0.1, 0.15) is 12.4 Å². The van der Waals surface area contributed by atoms with Gasteiger partial charge < -0.3 is 10.1 Å². The highest BCUT2D eigenvalue weighted by Gasteiger charge is 2.24. The molecule has 0 saturated carbocycles. The lowest BCUT2D eigenvalue weighted by molar-refractivity contribution is -0.115. The standard InChI is InChI=1S/C23H16Br2N2O2S/c24-17-10-11-20(29-14-15-6-2-1-3-7-15)16(12-17)13-21-22(28)27-23(30-21)26-19-9-5-4-8-18(19)25/h1-13H,14H2,(H,26,27,28)/b21-13+. The number of carbonyl (C=O) groups excluding carboxylic acids is 1. The second-order valence-corrected chi connectivity index (χ2v) is 9.19. The maximum atomic E-state index is 12.5. The van der Waals surface area contributed by atoms with Crippen molar-refractivity contribution in [3.63, 3.8) is 0 Å². The summed E-state index contributed by atoms with van der Waals surface area (Å²) in [7, 11) is 0. The molecule has 0 bridgehead atoms. The minimum absolute atomic E-state index is 0.181. The van der Waals surface area contributed by atoms with Crippen LogP contribution in [0.2, 0.25) is 0 Å². The van der Waals surface area contributed by atoms with Crippen molar-refractivity contribution in [3.05, 3.63) is 97.8 Å². The minimum Gasteiger partial charge on any atom is -0.488 e. The van der Waals surface area contributed by atoms with Gasteiger partial charge in [-0.2, -0.15) is 0 Å². The molecule has 0 aliphatic carbocycles. The van der Waals surface area contributed by atoms with Crippen LogP contribution >= 0.6 is 43.6 Å². The molecule has 1 saturated heterocycles. The van der Waals surface area contributed by atoms with E-state index in [4.69, 9.17) is 4.74 Å². The van der Waals surface area contributed by atoms with Gasteiger partial charge >= 0.3 is 0 Å². The van der Waals surface area contributed by atoms with Gasteiger partial charge in [0.25, 0.3) is 5.91 Å². The van der Waals surface area contributed by atoms with E-state index in [1.165, 1.54) is 11.8 Å². The van der Waals surface area contributed by atoms with Crippen molar-refractivity contribution < 1.29 is 9.53 Å². The SMILES string of the molecule is O=C1NC(=Nc2ccccc2Br)S/C1=C/c1cc(Br)ccc1OCc1ccccc1. The van der Waals surface area contributed by atoms with E-state index in [0.717, 1.165) is 25.8 Å². The maximum Gasteiger partial charge on any atom is 0.264 e. The molecule has 0 unspecified atom stereocenters. The van der Waals surface area contributed by atoms with E-state index in [-0.39, 0.29) is 5.91 Å². The minimum atomic E-state index is -0.181. The first kappa shape index (κ1) is 20.9. The fraction of sp³-hybridized carbons (Fsp3) is 0.0435. The molecule has 0 spiro atoms. The first-order valence-corrected chi connectivity index (χ1v) is 11.5. The van der Waals surface area contributed by atoms with Crippen LogP contribution in [-0.4, -0.2) is 11.1 Å². The molecule has 1 aliphatic rings. The molecule has 0 atom stereocenters. The average molecular weight is 544 g/mol. The van der Waals surface area contributed by atoms with Crippen LogP contribution in [0.15, 0.2) is 91.6 Å². The van der Waals surface area contributed by atoms with E-state index in [9.17, 15) is 4.79 Å². The van der Waals surface area contributed by atoms with Crippen molar-refractivity contribution in [3.8, 4) is 5.75 Å². The van der Waals surface area contributed by atoms with Crippen molar-refractivity contribution in [1.29, 1.82) is 0 Å². The number of ether oxygens (including phenoxy) is 1. The highest BCUT2D eigenvalue weighted by atomic mass is 79.9. The summed E-state index contributed by atoms with van der Waals surface area (Å²) in [5.41, 5.74) is 2.66. The molecule has 1 heterocycles. The number of amidine groups is 1. The summed E-state index contributed by atoms with van der Waals surface area (Å²) in [6, 6.07) is 23.3.